The third-order valence-corrected chi connectivity index (χ3v) is 3.24. The summed E-state index contributed by atoms with van der Waals surface area (Å²) in [7, 11) is 1.69. The molecule has 4 heteroatoms. The third kappa shape index (κ3) is 1.84. The van der Waals surface area contributed by atoms with Crippen molar-refractivity contribution in [2.24, 2.45) is 0 Å². The highest BCUT2D eigenvalue weighted by molar-refractivity contribution is 5.70. The first-order valence-electron chi connectivity index (χ1n) is 6.07. The Bertz CT molecular complexity index is 569. The summed E-state index contributed by atoms with van der Waals surface area (Å²) in [6, 6.07) is 7.97. The second-order valence-corrected chi connectivity index (χ2v) is 4.27. The molecule has 0 amide bonds. The van der Waals surface area contributed by atoms with Gasteiger partial charge in [-0.2, -0.15) is 0 Å². The highest BCUT2D eigenvalue weighted by atomic mass is 16.5. The van der Waals surface area contributed by atoms with Crippen LogP contribution in [0, 0.1) is 0 Å². The maximum atomic E-state index is 5.41. The van der Waals surface area contributed by atoms with Gasteiger partial charge in [0.1, 0.15) is 12.1 Å². The number of nitrogens with one attached hydrogen (secondary N) is 1. The van der Waals surface area contributed by atoms with Gasteiger partial charge in [0.25, 0.3) is 0 Å². The zero-order valence-electron chi connectivity index (χ0n) is 10.3. The molecule has 3 rings (SSSR count). The first-order valence-corrected chi connectivity index (χ1v) is 6.07. The molecule has 0 bridgehead atoms. The maximum Gasteiger partial charge on any atom is 0.128 e. The van der Waals surface area contributed by atoms with Gasteiger partial charge in [0.05, 0.1) is 18.5 Å². The maximum absolute atomic E-state index is 5.41. The molecule has 0 saturated heterocycles. The van der Waals surface area contributed by atoms with Crippen LogP contribution in [0.15, 0.2) is 30.6 Å². The number of ether oxygens (including phenoxy) is 1. The second kappa shape index (κ2) is 4.74. The van der Waals surface area contributed by atoms with Gasteiger partial charge in [0, 0.05) is 30.6 Å². The number of rotatable bonds is 2. The molecule has 0 radical (unpaired) electrons. The molecule has 1 N–H and O–H groups in total. The molecule has 1 aromatic heterocycles. The molecule has 0 aliphatic carbocycles. The number of para-hydroxylation sites is 1. The average Bonchev–Trinajstić information content (AvgIpc) is 2.46. The van der Waals surface area contributed by atoms with Crippen LogP contribution in [0.2, 0.25) is 0 Å². The van der Waals surface area contributed by atoms with E-state index in [9.17, 15) is 0 Å². The van der Waals surface area contributed by atoms with Crippen LogP contribution in [0.25, 0.3) is 11.3 Å². The van der Waals surface area contributed by atoms with E-state index in [0.29, 0.717) is 0 Å². The number of benzene rings is 1. The number of fused-ring (bicyclic) bond motifs is 1. The monoisotopic (exact) mass is 241 g/mol. The van der Waals surface area contributed by atoms with Crippen LogP contribution in [-0.4, -0.2) is 23.6 Å². The minimum Gasteiger partial charge on any atom is -0.496 e. The first kappa shape index (κ1) is 11.2. The predicted molar refractivity (Wildman–Crippen MR) is 69.4 cm³/mol. The van der Waals surface area contributed by atoms with Gasteiger partial charge in [-0.25, -0.2) is 9.97 Å². The number of hydrogen-bond donors (Lipinski definition) is 1. The van der Waals surface area contributed by atoms with Crippen LogP contribution in [0.1, 0.15) is 11.3 Å². The summed E-state index contributed by atoms with van der Waals surface area (Å²) in [5.74, 6) is 0.851. The molecule has 1 aliphatic heterocycles. The SMILES string of the molecule is COc1ccccc1-c1ncnc2c1CNCC2. The molecule has 2 aromatic rings. The Morgan fingerprint density at radius 3 is 3.00 bits per heavy atom. The third-order valence-electron chi connectivity index (χ3n) is 3.24. The van der Waals surface area contributed by atoms with Crippen molar-refractivity contribution >= 4 is 0 Å². The summed E-state index contributed by atoms with van der Waals surface area (Å²) < 4.78 is 5.41. The van der Waals surface area contributed by atoms with Crippen molar-refractivity contribution in [1.82, 2.24) is 15.3 Å². The lowest BCUT2D eigenvalue weighted by Crippen LogP contribution is -2.25. The highest BCUT2D eigenvalue weighted by Gasteiger charge is 2.18. The minimum absolute atomic E-state index is 0.823. The first-order chi connectivity index (χ1) is 8.90. The molecule has 1 aliphatic rings. The fourth-order valence-corrected chi connectivity index (χ4v) is 2.34. The molecule has 2 heterocycles. The lowest BCUT2D eigenvalue weighted by atomic mass is 10.00. The van der Waals surface area contributed by atoms with Gasteiger partial charge in [-0.3, -0.25) is 0 Å². The van der Waals surface area contributed by atoms with Crippen LogP contribution in [0.3, 0.4) is 0 Å². The van der Waals surface area contributed by atoms with Gasteiger partial charge >= 0.3 is 0 Å². The van der Waals surface area contributed by atoms with Crippen molar-refractivity contribution in [1.29, 1.82) is 0 Å². The van der Waals surface area contributed by atoms with E-state index in [0.717, 1.165) is 42.2 Å². The van der Waals surface area contributed by atoms with E-state index >= 15 is 0 Å². The molecular formula is C14H15N3O. The number of aromatic nitrogens is 2. The summed E-state index contributed by atoms with van der Waals surface area (Å²) in [5.41, 5.74) is 4.34. The van der Waals surface area contributed by atoms with Crippen molar-refractivity contribution in [2.45, 2.75) is 13.0 Å². The lowest BCUT2D eigenvalue weighted by Gasteiger charge is -2.19. The van der Waals surface area contributed by atoms with Crippen molar-refractivity contribution in [3.63, 3.8) is 0 Å². The predicted octanol–water partition coefficient (Wildman–Crippen LogP) is 1.80. The molecule has 0 fully saturated rings. The molecule has 4 nitrogen and oxygen atoms in total. The van der Waals surface area contributed by atoms with Gasteiger partial charge in [0.15, 0.2) is 0 Å². The Balaban J connectivity index is 2.17. The fourth-order valence-electron chi connectivity index (χ4n) is 2.34. The van der Waals surface area contributed by atoms with Crippen LogP contribution in [0.5, 0.6) is 5.75 Å². The summed E-state index contributed by atoms with van der Waals surface area (Å²) in [6.07, 6.45) is 2.60. The Hall–Kier alpha value is -1.94. The Labute approximate surface area is 106 Å². The molecule has 0 unspecified atom stereocenters. The Morgan fingerprint density at radius 1 is 1.22 bits per heavy atom. The van der Waals surface area contributed by atoms with Gasteiger partial charge in [-0.1, -0.05) is 12.1 Å². The summed E-state index contributed by atoms with van der Waals surface area (Å²) in [5, 5.41) is 3.37. The largest absolute Gasteiger partial charge is 0.496 e. The van der Waals surface area contributed by atoms with Crippen molar-refractivity contribution in [3.8, 4) is 17.0 Å². The molecule has 0 atom stereocenters. The van der Waals surface area contributed by atoms with Crippen molar-refractivity contribution < 1.29 is 4.74 Å². The zero-order valence-corrected chi connectivity index (χ0v) is 10.3. The molecular weight excluding hydrogens is 226 g/mol. The molecule has 92 valence electrons. The van der Waals surface area contributed by atoms with Crippen LogP contribution in [-0.2, 0) is 13.0 Å². The standard InChI is InChI=1S/C14H15N3O/c1-18-13-5-3-2-4-10(13)14-11-8-15-7-6-12(11)16-9-17-14/h2-5,9,15H,6-8H2,1H3. The molecule has 0 saturated carbocycles. The number of methoxy groups -OCH3 is 1. The molecule has 0 spiro atoms. The van der Waals surface area contributed by atoms with E-state index in [1.165, 1.54) is 5.56 Å². The topological polar surface area (TPSA) is 47.0 Å². The summed E-state index contributed by atoms with van der Waals surface area (Å²) in [6.45, 7) is 1.80. The molecule has 1 aromatic carbocycles. The summed E-state index contributed by atoms with van der Waals surface area (Å²) in [4.78, 5) is 8.81. The van der Waals surface area contributed by atoms with Gasteiger partial charge < -0.3 is 10.1 Å². The average molecular weight is 241 g/mol. The van der Waals surface area contributed by atoms with Crippen molar-refractivity contribution in [2.75, 3.05) is 13.7 Å². The Morgan fingerprint density at radius 2 is 2.11 bits per heavy atom. The lowest BCUT2D eigenvalue weighted by molar-refractivity contribution is 0.416. The quantitative estimate of drug-likeness (QED) is 0.871. The van der Waals surface area contributed by atoms with Gasteiger partial charge in [0.2, 0.25) is 0 Å². The van der Waals surface area contributed by atoms with Crippen LogP contribution < -0.4 is 10.1 Å². The minimum atomic E-state index is 0.823. The van der Waals surface area contributed by atoms with Crippen molar-refractivity contribution in [3.05, 3.63) is 41.9 Å². The van der Waals surface area contributed by atoms with Gasteiger partial charge in [-0.15, -0.1) is 0 Å². The molecule has 18 heavy (non-hydrogen) atoms. The fraction of sp³-hybridized carbons (Fsp3) is 0.286. The van der Waals surface area contributed by atoms with E-state index in [-0.39, 0.29) is 0 Å². The smallest absolute Gasteiger partial charge is 0.128 e. The van der Waals surface area contributed by atoms with Crippen LogP contribution >= 0.6 is 0 Å². The second-order valence-electron chi connectivity index (χ2n) is 4.27. The Kier molecular flexibility index (Phi) is 2.94. The van der Waals surface area contributed by atoms with E-state index in [1.807, 2.05) is 24.3 Å². The summed E-state index contributed by atoms with van der Waals surface area (Å²) >= 11 is 0. The van der Waals surface area contributed by atoms with Gasteiger partial charge in [-0.05, 0) is 12.1 Å². The highest BCUT2D eigenvalue weighted by Crippen LogP contribution is 2.31. The number of nitrogens with zero attached hydrogens (tertiary/aromatic N) is 2. The number of hydrogen-bond acceptors (Lipinski definition) is 4. The van der Waals surface area contributed by atoms with E-state index in [4.69, 9.17) is 4.74 Å². The van der Waals surface area contributed by atoms with E-state index in [2.05, 4.69) is 15.3 Å². The normalized spacial score (nSPS) is 14.1. The van der Waals surface area contributed by atoms with Crippen LogP contribution in [0.4, 0.5) is 0 Å². The zero-order chi connectivity index (χ0) is 12.4. The van der Waals surface area contributed by atoms with E-state index in [1.54, 1.807) is 13.4 Å². The van der Waals surface area contributed by atoms with E-state index < -0.39 is 0 Å².